The van der Waals surface area contributed by atoms with Crippen LogP contribution in [0.25, 0.3) is 0 Å². The van der Waals surface area contributed by atoms with Crippen molar-refractivity contribution < 1.29 is 4.79 Å². The maximum atomic E-state index is 11.8. The second-order valence-electron chi connectivity index (χ2n) is 4.08. The SMILES string of the molecule is CCc1cn[nH]c1NC(=O)CCSc1ccccc1. The van der Waals surface area contributed by atoms with Gasteiger partial charge in [0.25, 0.3) is 0 Å². The van der Waals surface area contributed by atoms with Gasteiger partial charge in [-0.25, -0.2) is 0 Å². The second-order valence-corrected chi connectivity index (χ2v) is 5.25. The monoisotopic (exact) mass is 275 g/mol. The Morgan fingerprint density at radius 2 is 2.16 bits per heavy atom. The number of amides is 1. The van der Waals surface area contributed by atoms with Crippen molar-refractivity contribution in [1.29, 1.82) is 0 Å². The van der Waals surface area contributed by atoms with Crippen molar-refractivity contribution in [2.24, 2.45) is 0 Å². The number of H-pyrrole nitrogens is 1. The molecule has 100 valence electrons. The number of nitrogens with one attached hydrogen (secondary N) is 2. The molecule has 1 aromatic heterocycles. The third-order valence-electron chi connectivity index (χ3n) is 2.70. The van der Waals surface area contributed by atoms with Crippen LogP contribution in [0.2, 0.25) is 0 Å². The fraction of sp³-hybridized carbons (Fsp3) is 0.286. The number of nitrogens with zero attached hydrogens (tertiary/aromatic N) is 1. The number of aromatic amines is 1. The molecule has 0 unspecified atom stereocenters. The molecule has 19 heavy (non-hydrogen) atoms. The number of aromatic nitrogens is 2. The van der Waals surface area contributed by atoms with Gasteiger partial charge in [-0.1, -0.05) is 25.1 Å². The van der Waals surface area contributed by atoms with Crippen LogP contribution in [0.15, 0.2) is 41.4 Å². The summed E-state index contributed by atoms with van der Waals surface area (Å²) in [4.78, 5) is 13.0. The summed E-state index contributed by atoms with van der Waals surface area (Å²) in [5.41, 5.74) is 1.03. The van der Waals surface area contributed by atoms with E-state index in [0.29, 0.717) is 6.42 Å². The minimum absolute atomic E-state index is 0.0161. The molecule has 0 aliphatic carbocycles. The van der Waals surface area contributed by atoms with Crippen LogP contribution in [0.5, 0.6) is 0 Å². The Morgan fingerprint density at radius 3 is 2.89 bits per heavy atom. The Labute approximate surface area is 117 Å². The molecule has 5 heteroatoms. The predicted molar refractivity (Wildman–Crippen MR) is 78.4 cm³/mol. The number of hydrogen-bond donors (Lipinski definition) is 2. The summed E-state index contributed by atoms with van der Waals surface area (Å²) in [7, 11) is 0. The number of hydrogen-bond acceptors (Lipinski definition) is 3. The summed E-state index contributed by atoms with van der Waals surface area (Å²) in [5.74, 6) is 1.51. The first kappa shape index (κ1) is 13.7. The zero-order valence-electron chi connectivity index (χ0n) is 10.8. The van der Waals surface area contributed by atoms with Crippen LogP contribution in [0, 0.1) is 0 Å². The van der Waals surface area contributed by atoms with E-state index < -0.39 is 0 Å². The van der Waals surface area contributed by atoms with E-state index >= 15 is 0 Å². The zero-order valence-corrected chi connectivity index (χ0v) is 11.7. The molecule has 0 fully saturated rings. The van der Waals surface area contributed by atoms with Gasteiger partial charge in [-0.15, -0.1) is 11.8 Å². The van der Waals surface area contributed by atoms with Crippen LogP contribution in [0.1, 0.15) is 18.9 Å². The average molecular weight is 275 g/mol. The highest BCUT2D eigenvalue weighted by Gasteiger charge is 2.07. The van der Waals surface area contributed by atoms with Crippen molar-refractivity contribution in [3.63, 3.8) is 0 Å². The molecule has 0 saturated heterocycles. The maximum Gasteiger partial charge on any atom is 0.226 e. The second kappa shape index (κ2) is 6.99. The van der Waals surface area contributed by atoms with E-state index in [1.165, 1.54) is 4.90 Å². The van der Waals surface area contributed by atoms with E-state index in [0.717, 1.165) is 23.6 Å². The fourth-order valence-electron chi connectivity index (χ4n) is 1.67. The lowest BCUT2D eigenvalue weighted by Crippen LogP contribution is -2.13. The molecule has 0 saturated carbocycles. The van der Waals surface area contributed by atoms with E-state index in [1.54, 1.807) is 18.0 Å². The summed E-state index contributed by atoms with van der Waals surface area (Å²) in [5, 5.41) is 9.59. The molecular weight excluding hydrogens is 258 g/mol. The Hall–Kier alpha value is -1.75. The summed E-state index contributed by atoms with van der Waals surface area (Å²) in [6, 6.07) is 10.1. The van der Waals surface area contributed by atoms with Gasteiger partial charge in [-0.2, -0.15) is 5.10 Å². The third kappa shape index (κ3) is 4.13. The van der Waals surface area contributed by atoms with Crippen LogP contribution in [0.3, 0.4) is 0 Å². The predicted octanol–water partition coefficient (Wildman–Crippen LogP) is 3.09. The lowest BCUT2D eigenvalue weighted by molar-refractivity contribution is -0.115. The van der Waals surface area contributed by atoms with Gasteiger partial charge in [-0.3, -0.25) is 9.89 Å². The average Bonchev–Trinajstić information content (AvgIpc) is 2.87. The van der Waals surface area contributed by atoms with Crippen LogP contribution in [-0.2, 0) is 11.2 Å². The summed E-state index contributed by atoms with van der Waals surface area (Å²) in [6.45, 7) is 2.03. The molecule has 0 aliphatic rings. The van der Waals surface area contributed by atoms with Crippen molar-refractivity contribution in [3.05, 3.63) is 42.1 Å². The Kier molecular flexibility index (Phi) is 5.03. The van der Waals surface area contributed by atoms with Gasteiger partial charge in [-0.05, 0) is 18.6 Å². The molecule has 0 bridgehead atoms. The molecule has 1 amide bonds. The third-order valence-corrected chi connectivity index (χ3v) is 3.72. The molecule has 2 rings (SSSR count). The largest absolute Gasteiger partial charge is 0.311 e. The van der Waals surface area contributed by atoms with Gasteiger partial charge in [0.15, 0.2) is 0 Å². The van der Waals surface area contributed by atoms with Gasteiger partial charge in [0, 0.05) is 22.6 Å². The molecule has 2 N–H and O–H groups in total. The van der Waals surface area contributed by atoms with Gasteiger partial charge < -0.3 is 5.32 Å². The van der Waals surface area contributed by atoms with Crippen LogP contribution < -0.4 is 5.32 Å². The number of thioether (sulfide) groups is 1. The smallest absolute Gasteiger partial charge is 0.226 e. The number of benzene rings is 1. The van der Waals surface area contributed by atoms with E-state index in [-0.39, 0.29) is 5.91 Å². The highest BCUT2D eigenvalue weighted by atomic mass is 32.2. The highest BCUT2D eigenvalue weighted by molar-refractivity contribution is 7.99. The van der Waals surface area contributed by atoms with E-state index in [2.05, 4.69) is 15.5 Å². The number of aryl methyl sites for hydroxylation is 1. The Balaban J connectivity index is 1.76. The Morgan fingerprint density at radius 1 is 1.37 bits per heavy atom. The van der Waals surface area contributed by atoms with Crippen LogP contribution >= 0.6 is 11.8 Å². The molecule has 0 atom stereocenters. The molecule has 0 aliphatic heterocycles. The highest BCUT2D eigenvalue weighted by Crippen LogP contribution is 2.18. The Bertz CT molecular complexity index is 524. The molecule has 0 spiro atoms. The molecular formula is C14H17N3OS. The molecule has 2 aromatic rings. The first-order valence-corrected chi connectivity index (χ1v) is 7.28. The van der Waals surface area contributed by atoms with Gasteiger partial charge in [0.1, 0.15) is 5.82 Å². The first-order chi connectivity index (χ1) is 9.29. The number of carbonyl (C=O) groups is 1. The molecule has 1 aromatic carbocycles. The maximum absolute atomic E-state index is 11.8. The van der Waals surface area contributed by atoms with Crippen molar-refractivity contribution in [3.8, 4) is 0 Å². The van der Waals surface area contributed by atoms with Crippen molar-refractivity contribution >= 4 is 23.5 Å². The summed E-state index contributed by atoms with van der Waals surface area (Å²) in [6.07, 6.45) is 3.08. The standard InChI is InChI=1S/C14H17N3OS/c1-2-11-10-15-17-14(11)16-13(18)8-9-19-12-6-4-3-5-7-12/h3-7,10H,2,8-9H2,1H3,(H2,15,16,17,18). The summed E-state index contributed by atoms with van der Waals surface area (Å²) >= 11 is 1.68. The van der Waals surface area contributed by atoms with Crippen LogP contribution in [0.4, 0.5) is 5.82 Å². The van der Waals surface area contributed by atoms with Crippen molar-refractivity contribution in [1.82, 2.24) is 10.2 Å². The normalized spacial score (nSPS) is 10.4. The topological polar surface area (TPSA) is 57.8 Å². The van der Waals surface area contributed by atoms with Gasteiger partial charge in [0.05, 0.1) is 6.20 Å². The molecule has 4 nitrogen and oxygen atoms in total. The zero-order chi connectivity index (χ0) is 13.5. The van der Waals surface area contributed by atoms with Crippen molar-refractivity contribution in [2.45, 2.75) is 24.7 Å². The number of carbonyl (C=O) groups excluding carboxylic acids is 1. The first-order valence-electron chi connectivity index (χ1n) is 6.29. The number of anilines is 1. The molecule has 1 heterocycles. The van der Waals surface area contributed by atoms with Crippen molar-refractivity contribution in [2.75, 3.05) is 11.1 Å². The molecule has 0 radical (unpaired) electrons. The lowest BCUT2D eigenvalue weighted by atomic mass is 10.2. The van der Waals surface area contributed by atoms with Crippen LogP contribution in [-0.4, -0.2) is 21.9 Å². The number of rotatable bonds is 6. The fourth-order valence-corrected chi connectivity index (χ4v) is 2.54. The van der Waals surface area contributed by atoms with Gasteiger partial charge >= 0.3 is 0 Å². The minimum atomic E-state index is 0.0161. The minimum Gasteiger partial charge on any atom is -0.311 e. The quantitative estimate of drug-likeness (QED) is 0.796. The van der Waals surface area contributed by atoms with E-state index in [4.69, 9.17) is 0 Å². The van der Waals surface area contributed by atoms with Gasteiger partial charge in [0.2, 0.25) is 5.91 Å². The van der Waals surface area contributed by atoms with E-state index in [1.807, 2.05) is 37.3 Å². The lowest BCUT2D eigenvalue weighted by Gasteiger charge is -2.04. The summed E-state index contributed by atoms with van der Waals surface area (Å²) < 4.78 is 0. The van der Waals surface area contributed by atoms with E-state index in [9.17, 15) is 4.79 Å².